The molecule has 0 bridgehead atoms. The molecule has 0 aliphatic carbocycles. The number of thiazole rings is 1. The SMILES string of the molecule is CCOC(=O)C1=C(C)N=c2s/c(=C/c3ccc(OCC(=O)N4CCOCC4)cc3)c(=O)n2[C@@H]1c1ccc(Cl)cc1. The average Bonchev–Trinajstić information content (AvgIpc) is 3.26. The van der Waals surface area contributed by atoms with Crippen molar-refractivity contribution in [2.75, 3.05) is 39.5 Å². The second-order valence-electron chi connectivity index (χ2n) is 9.20. The number of rotatable bonds is 7. The minimum Gasteiger partial charge on any atom is -0.484 e. The van der Waals surface area contributed by atoms with Gasteiger partial charge in [0.15, 0.2) is 11.4 Å². The van der Waals surface area contributed by atoms with Gasteiger partial charge in [0.05, 0.1) is 41.7 Å². The number of halogens is 1. The van der Waals surface area contributed by atoms with Gasteiger partial charge in [-0.25, -0.2) is 9.79 Å². The third kappa shape index (κ3) is 5.89. The van der Waals surface area contributed by atoms with Crippen molar-refractivity contribution in [3.05, 3.63) is 95.6 Å². The minimum absolute atomic E-state index is 0.0508. The molecule has 208 valence electrons. The molecule has 0 N–H and O–H groups in total. The van der Waals surface area contributed by atoms with Crippen LogP contribution in [-0.2, 0) is 19.1 Å². The second kappa shape index (κ2) is 12.2. The number of nitrogens with zero attached hydrogens (tertiary/aromatic N) is 3. The van der Waals surface area contributed by atoms with Gasteiger partial charge in [0, 0.05) is 18.1 Å². The van der Waals surface area contributed by atoms with Gasteiger partial charge in [0.2, 0.25) is 0 Å². The largest absolute Gasteiger partial charge is 0.484 e. The van der Waals surface area contributed by atoms with E-state index in [0.29, 0.717) is 57.7 Å². The molecule has 40 heavy (non-hydrogen) atoms. The number of fused-ring (bicyclic) bond motifs is 1. The summed E-state index contributed by atoms with van der Waals surface area (Å²) in [4.78, 5) is 45.8. The van der Waals surface area contributed by atoms with E-state index in [0.717, 1.165) is 11.1 Å². The molecule has 3 heterocycles. The first-order valence-corrected chi connectivity index (χ1v) is 14.1. The molecule has 5 rings (SSSR count). The highest BCUT2D eigenvalue weighted by Crippen LogP contribution is 2.31. The smallest absolute Gasteiger partial charge is 0.338 e. The van der Waals surface area contributed by atoms with Crippen LogP contribution in [0.3, 0.4) is 0 Å². The summed E-state index contributed by atoms with van der Waals surface area (Å²) in [5, 5.41) is 0.549. The topological polar surface area (TPSA) is 99.4 Å². The van der Waals surface area contributed by atoms with Crippen molar-refractivity contribution in [3.8, 4) is 5.75 Å². The van der Waals surface area contributed by atoms with Crippen LogP contribution in [0, 0.1) is 0 Å². The Balaban J connectivity index is 1.43. The molecule has 0 unspecified atom stereocenters. The summed E-state index contributed by atoms with van der Waals surface area (Å²) in [6.07, 6.45) is 1.77. The Bertz CT molecular complexity index is 1620. The molecular weight excluding hydrogens is 554 g/mol. The maximum Gasteiger partial charge on any atom is 0.338 e. The molecule has 0 saturated carbocycles. The van der Waals surface area contributed by atoms with E-state index in [-0.39, 0.29) is 24.7 Å². The molecule has 2 aliphatic rings. The predicted molar refractivity (Wildman–Crippen MR) is 151 cm³/mol. The van der Waals surface area contributed by atoms with Crippen molar-refractivity contribution in [3.63, 3.8) is 0 Å². The fourth-order valence-corrected chi connectivity index (χ4v) is 5.79. The van der Waals surface area contributed by atoms with Crippen LogP contribution in [0.2, 0.25) is 5.02 Å². The van der Waals surface area contributed by atoms with Gasteiger partial charge in [0.1, 0.15) is 5.75 Å². The van der Waals surface area contributed by atoms with Gasteiger partial charge < -0.3 is 19.1 Å². The number of benzene rings is 2. The highest BCUT2D eigenvalue weighted by atomic mass is 35.5. The van der Waals surface area contributed by atoms with Crippen molar-refractivity contribution < 1.29 is 23.8 Å². The molecule has 1 fully saturated rings. The zero-order valence-electron chi connectivity index (χ0n) is 22.1. The Labute approximate surface area is 239 Å². The van der Waals surface area contributed by atoms with Crippen LogP contribution in [0.4, 0.5) is 0 Å². The Morgan fingerprint density at radius 3 is 2.50 bits per heavy atom. The summed E-state index contributed by atoms with van der Waals surface area (Å²) in [7, 11) is 0. The fraction of sp³-hybridized carbons (Fsp3) is 0.310. The second-order valence-corrected chi connectivity index (χ2v) is 10.7. The van der Waals surface area contributed by atoms with E-state index >= 15 is 0 Å². The van der Waals surface area contributed by atoms with Crippen molar-refractivity contribution >= 4 is 40.9 Å². The normalized spacial score (nSPS) is 17.3. The van der Waals surface area contributed by atoms with Crippen LogP contribution in [0.5, 0.6) is 5.75 Å². The molecule has 0 spiro atoms. The quantitative estimate of drug-likeness (QED) is 0.398. The molecule has 3 aromatic rings. The lowest BCUT2D eigenvalue weighted by molar-refractivity contribution is -0.139. The van der Waals surface area contributed by atoms with Gasteiger partial charge in [-0.1, -0.05) is 47.2 Å². The number of allylic oxidation sites excluding steroid dienone is 1. The lowest BCUT2D eigenvalue weighted by Gasteiger charge is -2.26. The van der Waals surface area contributed by atoms with Gasteiger partial charge in [-0.05, 0) is 55.3 Å². The maximum absolute atomic E-state index is 13.7. The number of carbonyl (C=O) groups is 2. The third-order valence-electron chi connectivity index (χ3n) is 6.61. The highest BCUT2D eigenvalue weighted by Gasteiger charge is 2.33. The summed E-state index contributed by atoms with van der Waals surface area (Å²) < 4.78 is 18.3. The van der Waals surface area contributed by atoms with Crippen molar-refractivity contribution in [2.24, 2.45) is 4.99 Å². The number of aromatic nitrogens is 1. The van der Waals surface area contributed by atoms with Crippen molar-refractivity contribution in [1.29, 1.82) is 0 Å². The number of morpholine rings is 1. The van der Waals surface area contributed by atoms with E-state index in [1.54, 1.807) is 61.2 Å². The Morgan fingerprint density at radius 1 is 1.12 bits per heavy atom. The van der Waals surface area contributed by atoms with E-state index in [9.17, 15) is 14.4 Å². The zero-order valence-corrected chi connectivity index (χ0v) is 23.7. The van der Waals surface area contributed by atoms with Gasteiger partial charge >= 0.3 is 5.97 Å². The van der Waals surface area contributed by atoms with Crippen molar-refractivity contribution in [2.45, 2.75) is 19.9 Å². The van der Waals surface area contributed by atoms with Crippen LogP contribution < -0.4 is 19.6 Å². The Kier molecular flexibility index (Phi) is 8.49. The number of carbonyl (C=O) groups excluding carboxylic acids is 2. The molecule has 0 radical (unpaired) electrons. The minimum atomic E-state index is -0.700. The van der Waals surface area contributed by atoms with Crippen LogP contribution >= 0.6 is 22.9 Å². The predicted octanol–water partition coefficient (Wildman–Crippen LogP) is 2.69. The first-order chi connectivity index (χ1) is 19.4. The first-order valence-electron chi connectivity index (χ1n) is 12.9. The van der Waals surface area contributed by atoms with Gasteiger partial charge in [-0.3, -0.25) is 14.2 Å². The summed E-state index contributed by atoms with van der Waals surface area (Å²) in [5.74, 6) is -0.0421. The number of esters is 1. The molecule has 1 saturated heterocycles. The molecule has 2 aliphatic heterocycles. The Hall–Kier alpha value is -3.73. The first kappa shape index (κ1) is 27.8. The molecule has 1 atom stereocenters. The maximum atomic E-state index is 13.7. The molecule has 1 amide bonds. The van der Waals surface area contributed by atoms with Gasteiger partial charge in [-0.15, -0.1) is 0 Å². The number of hydrogen-bond donors (Lipinski definition) is 0. The highest BCUT2D eigenvalue weighted by molar-refractivity contribution is 7.07. The average molecular weight is 582 g/mol. The van der Waals surface area contributed by atoms with Crippen molar-refractivity contribution in [1.82, 2.24) is 9.47 Å². The van der Waals surface area contributed by atoms with Gasteiger partial charge in [0.25, 0.3) is 11.5 Å². The van der Waals surface area contributed by atoms with Gasteiger partial charge in [-0.2, -0.15) is 0 Å². The number of ether oxygens (including phenoxy) is 3. The van der Waals surface area contributed by atoms with Crippen LogP contribution in [0.25, 0.3) is 6.08 Å². The van der Waals surface area contributed by atoms with E-state index in [1.165, 1.54) is 15.9 Å². The summed E-state index contributed by atoms with van der Waals surface area (Å²) in [5.41, 5.74) is 2.05. The molecule has 2 aromatic carbocycles. The summed E-state index contributed by atoms with van der Waals surface area (Å²) in [6, 6.07) is 13.5. The lowest BCUT2D eigenvalue weighted by atomic mass is 9.96. The molecular formula is C29H28ClN3O6S. The number of hydrogen-bond acceptors (Lipinski definition) is 8. The molecule has 1 aromatic heterocycles. The van der Waals surface area contributed by atoms with Crippen LogP contribution in [0.1, 0.15) is 31.0 Å². The standard InChI is InChI=1S/C29H28ClN3O6S/c1-3-38-28(36)25-18(2)31-29-33(26(25)20-6-8-21(30)9-7-20)27(35)23(40-29)16-19-4-10-22(11-5-19)39-17-24(34)32-12-14-37-15-13-32/h4-11,16,26H,3,12-15,17H2,1-2H3/b23-16+/t26-/m1/s1. The Morgan fingerprint density at radius 2 is 1.82 bits per heavy atom. The van der Waals surface area contributed by atoms with E-state index in [2.05, 4.69) is 4.99 Å². The van der Waals surface area contributed by atoms with E-state index in [1.807, 2.05) is 12.1 Å². The molecule has 9 nitrogen and oxygen atoms in total. The zero-order chi connectivity index (χ0) is 28.2. The lowest BCUT2D eigenvalue weighted by Crippen LogP contribution is -2.42. The molecule has 11 heteroatoms. The van der Waals surface area contributed by atoms with E-state index < -0.39 is 12.0 Å². The monoisotopic (exact) mass is 581 g/mol. The van der Waals surface area contributed by atoms with E-state index in [4.69, 9.17) is 25.8 Å². The summed E-state index contributed by atoms with van der Waals surface area (Å²) in [6.45, 7) is 5.84. The fourth-order valence-electron chi connectivity index (χ4n) is 4.61. The number of amides is 1. The third-order valence-corrected chi connectivity index (χ3v) is 7.84. The van der Waals surface area contributed by atoms with Crippen LogP contribution in [0.15, 0.2) is 69.6 Å². The summed E-state index contributed by atoms with van der Waals surface area (Å²) >= 11 is 7.36. The van der Waals surface area contributed by atoms with Crippen LogP contribution in [-0.4, -0.2) is 60.9 Å².